The van der Waals surface area contributed by atoms with E-state index in [1.807, 2.05) is 19.1 Å². The van der Waals surface area contributed by atoms with Crippen LogP contribution in [0.3, 0.4) is 0 Å². The fourth-order valence-electron chi connectivity index (χ4n) is 1.98. The lowest BCUT2D eigenvalue weighted by Crippen LogP contribution is -2.13. The number of fused-ring (bicyclic) bond motifs is 1. The van der Waals surface area contributed by atoms with Crippen LogP contribution < -0.4 is 9.60 Å². The predicted molar refractivity (Wildman–Crippen MR) is 84.4 cm³/mol. The van der Waals surface area contributed by atoms with Gasteiger partial charge in [0.25, 0.3) is 10.0 Å². The van der Waals surface area contributed by atoms with Gasteiger partial charge in [0, 0.05) is 0 Å². The molecule has 5 nitrogen and oxygen atoms in total. The lowest BCUT2D eigenvalue weighted by molar-refractivity contribution is 0.601. The number of sulfonamides is 1. The van der Waals surface area contributed by atoms with E-state index < -0.39 is 10.0 Å². The van der Waals surface area contributed by atoms with E-state index in [9.17, 15) is 13.2 Å². The molecule has 0 unspecified atom stereocenters. The molecular formula is C14H12N2O3S2. The van der Waals surface area contributed by atoms with Crippen molar-refractivity contribution in [1.82, 2.24) is 4.98 Å². The number of benzene rings is 2. The molecule has 0 aliphatic carbocycles. The number of H-pyrrole nitrogens is 1. The molecule has 0 fully saturated rings. The van der Waals surface area contributed by atoms with Crippen molar-refractivity contribution < 1.29 is 8.42 Å². The lowest BCUT2D eigenvalue weighted by Gasteiger charge is -2.10. The summed E-state index contributed by atoms with van der Waals surface area (Å²) >= 11 is 0.989. The van der Waals surface area contributed by atoms with E-state index in [0.717, 1.165) is 16.9 Å². The molecule has 2 N–H and O–H groups in total. The van der Waals surface area contributed by atoms with Crippen LogP contribution >= 0.6 is 11.3 Å². The third-order valence-electron chi connectivity index (χ3n) is 3.09. The van der Waals surface area contributed by atoms with E-state index >= 15 is 0 Å². The topological polar surface area (TPSA) is 79.0 Å². The summed E-state index contributed by atoms with van der Waals surface area (Å²) in [5, 5.41) is 0. The molecule has 0 radical (unpaired) electrons. The largest absolute Gasteiger partial charge is 0.312 e. The van der Waals surface area contributed by atoms with Crippen LogP contribution in [-0.2, 0) is 10.0 Å². The van der Waals surface area contributed by atoms with Crippen molar-refractivity contribution in [2.75, 3.05) is 4.72 Å². The highest BCUT2D eigenvalue weighted by molar-refractivity contribution is 7.92. The zero-order chi connectivity index (χ0) is 15.0. The third-order valence-corrected chi connectivity index (χ3v) is 5.30. The number of hydrogen-bond acceptors (Lipinski definition) is 4. The Morgan fingerprint density at radius 1 is 1.14 bits per heavy atom. The SMILES string of the molecule is Cc1ccccc1NS(=O)(=O)c1ccc2[nH]c(=O)sc2c1. The van der Waals surface area contributed by atoms with Crippen LogP contribution in [-0.4, -0.2) is 13.4 Å². The maximum absolute atomic E-state index is 12.4. The van der Waals surface area contributed by atoms with Gasteiger partial charge < -0.3 is 4.98 Å². The average molecular weight is 320 g/mol. The molecule has 0 amide bonds. The normalized spacial score (nSPS) is 11.7. The van der Waals surface area contributed by atoms with Crippen LogP contribution in [0.25, 0.3) is 10.2 Å². The quantitative estimate of drug-likeness (QED) is 0.779. The van der Waals surface area contributed by atoms with Crippen LogP contribution in [0.5, 0.6) is 0 Å². The van der Waals surface area contributed by atoms with Crippen LogP contribution in [0.2, 0.25) is 0 Å². The highest BCUT2D eigenvalue weighted by Crippen LogP contribution is 2.23. The van der Waals surface area contributed by atoms with E-state index in [4.69, 9.17) is 0 Å². The van der Waals surface area contributed by atoms with Gasteiger partial charge in [-0.1, -0.05) is 29.5 Å². The lowest BCUT2D eigenvalue weighted by atomic mass is 10.2. The molecule has 7 heteroatoms. The molecule has 1 heterocycles. The van der Waals surface area contributed by atoms with Crippen LogP contribution in [0.15, 0.2) is 52.2 Å². The second kappa shape index (κ2) is 5.01. The Morgan fingerprint density at radius 3 is 2.67 bits per heavy atom. The number of aromatic amines is 1. The van der Waals surface area contributed by atoms with Gasteiger partial charge in [0.15, 0.2) is 0 Å². The molecule has 3 rings (SSSR count). The number of aromatic nitrogens is 1. The first kappa shape index (κ1) is 13.8. The summed E-state index contributed by atoms with van der Waals surface area (Å²) in [6.45, 7) is 1.83. The van der Waals surface area contributed by atoms with Gasteiger partial charge in [0.1, 0.15) is 0 Å². The molecular weight excluding hydrogens is 308 g/mol. The zero-order valence-electron chi connectivity index (χ0n) is 11.1. The maximum Gasteiger partial charge on any atom is 0.305 e. The second-order valence-electron chi connectivity index (χ2n) is 4.59. The third kappa shape index (κ3) is 2.70. The summed E-state index contributed by atoms with van der Waals surface area (Å²) in [5.41, 5.74) is 2.02. The molecule has 0 spiro atoms. The van der Waals surface area contributed by atoms with Gasteiger partial charge in [0.2, 0.25) is 0 Å². The van der Waals surface area contributed by atoms with Crippen molar-refractivity contribution in [1.29, 1.82) is 0 Å². The van der Waals surface area contributed by atoms with E-state index in [0.29, 0.717) is 15.9 Å². The predicted octanol–water partition coefficient (Wildman–Crippen LogP) is 2.70. The Morgan fingerprint density at radius 2 is 1.90 bits per heavy atom. The van der Waals surface area contributed by atoms with Crippen molar-refractivity contribution in [3.63, 3.8) is 0 Å². The minimum atomic E-state index is -3.68. The number of aryl methyl sites for hydroxylation is 1. The van der Waals surface area contributed by atoms with Crippen molar-refractivity contribution in [3.05, 3.63) is 57.7 Å². The van der Waals surface area contributed by atoms with E-state index in [1.54, 1.807) is 18.2 Å². The number of nitrogens with one attached hydrogen (secondary N) is 2. The monoisotopic (exact) mass is 320 g/mol. The van der Waals surface area contributed by atoms with E-state index in [-0.39, 0.29) is 9.77 Å². The second-order valence-corrected chi connectivity index (χ2v) is 7.29. The molecule has 1 aromatic heterocycles. The Balaban J connectivity index is 2.03. The molecule has 21 heavy (non-hydrogen) atoms. The highest BCUT2D eigenvalue weighted by atomic mass is 32.2. The van der Waals surface area contributed by atoms with E-state index in [1.165, 1.54) is 12.1 Å². The van der Waals surface area contributed by atoms with Gasteiger partial charge in [-0.05, 0) is 36.8 Å². The van der Waals surface area contributed by atoms with Crippen LogP contribution in [0, 0.1) is 6.92 Å². The Hall–Kier alpha value is -2.12. The van der Waals surface area contributed by atoms with Gasteiger partial charge in [-0.2, -0.15) is 0 Å². The smallest absolute Gasteiger partial charge is 0.305 e. The van der Waals surface area contributed by atoms with Gasteiger partial charge in [-0.25, -0.2) is 8.42 Å². The standard InChI is InChI=1S/C14H12N2O3S2/c1-9-4-2-3-5-11(9)16-21(18,19)10-6-7-12-13(8-10)20-14(17)15-12/h2-8,16H,1H3,(H,15,17). The maximum atomic E-state index is 12.4. The summed E-state index contributed by atoms with van der Waals surface area (Å²) in [5.74, 6) is 0. The van der Waals surface area contributed by atoms with Crippen LogP contribution in [0.1, 0.15) is 5.56 Å². The molecule has 0 bridgehead atoms. The van der Waals surface area contributed by atoms with Crippen LogP contribution in [0.4, 0.5) is 5.69 Å². The molecule has 0 aliphatic heterocycles. The molecule has 2 aromatic carbocycles. The molecule has 108 valence electrons. The number of anilines is 1. The molecule has 0 saturated carbocycles. The Bertz CT molecular complexity index is 971. The number of rotatable bonds is 3. The first-order valence-corrected chi connectivity index (χ1v) is 8.47. The van der Waals surface area contributed by atoms with Gasteiger partial charge in [-0.15, -0.1) is 0 Å². The summed E-state index contributed by atoms with van der Waals surface area (Å²) in [6, 6.07) is 11.7. The fraction of sp³-hybridized carbons (Fsp3) is 0.0714. The van der Waals surface area contributed by atoms with Crippen molar-refractivity contribution in [2.45, 2.75) is 11.8 Å². The Labute approximate surface area is 125 Å². The van der Waals surface area contributed by atoms with Crippen molar-refractivity contribution in [2.24, 2.45) is 0 Å². The summed E-state index contributed by atoms with van der Waals surface area (Å²) in [7, 11) is -3.68. The molecule has 3 aromatic rings. The molecule has 0 atom stereocenters. The Kier molecular flexibility index (Phi) is 3.30. The fourth-order valence-corrected chi connectivity index (χ4v) is 3.99. The number of thiazole rings is 1. The summed E-state index contributed by atoms with van der Waals surface area (Å²) < 4.78 is 28.0. The van der Waals surface area contributed by atoms with Gasteiger partial charge in [0.05, 0.1) is 20.8 Å². The highest BCUT2D eigenvalue weighted by Gasteiger charge is 2.16. The summed E-state index contributed by atoms with van der Waals surface area (Å²) in [6.07, 6.45) is 0. The molecule has 0 aliphatic rings. The van der Waals surface area contributed by atoms with Crippen molar-refractivity contribution >= 4 is 37.3 Å². The minimum absolute atomic E-state index is 0.133. The first-order chi connectivity index (χ1) is 9.95. The zero-order valence-corrected chi connectivity index (χ0v) is 12.7. The van der Waals surface area contributed by atoms with Gasteiger partial charge >= 0.3 is 4.87 Å². The van der Waals surface area contributed by atoms with Crippen molar-refractivity contribution in [3.8, 4) is 0 Å². The average Bonchev–Trinajstić information content (AvgIpc) is 2.80. The minimum Gasteiger partial charge on any atom is -0.312 e. The number of para-hydroxylation sites is 1. The van der Waals surface area contributed by atoms with E-state index in [2.05, 4.69) is 9.71 Å². The number of hydrogen-bond donors (Lipinski definition) is 2. The van der Waals surface area contributed by atoms with Gasteiger partial charge in [-0.3, -0.25) is 9.52 Å². The first-order valence-electron chi connectivity index (χ1n) is 6.17. The molecule has 0 saturated heterocycles. The summed E-state index contributed by atoms with van der Waals surface area (Å²) in [4.78, 5) is 13.9.